The summed E-state index contributed by atoms with van der Waals surface area (Å²) in [4.78, 5) is 52.3. The molecule has 0 N–H and O–H groups in total. The molecule has 0 spiro atoms. The van der Waals surface area contributed by atoms with Crippen molar-refractivity contribution in [2.45, 2.75) is 65.6 Å². The van der Waals surface area contributed by atoms with Crippen LogP contribution in [0.2, 0.25) is 0 Å². The average molecular weight is 461 g/mol. The van der Waals surface area contributed by atoms with Crippen molar-refractivity contribution in [1.29, 1.82) is 0 Å². The molecule has 3 aliphatic rings. The minimum atomic E-state index is -1.05. The molecule has 33 heavy (non-hydrogen) atoms. The van der Waals surface area contributed by atoms with Crippen molar-refractivity contribution in [2.75, 3.05) is 7.11 Å². The van der Waals surface area contributed by atoms with Gasteiger partial charge in [0, 0.05) is 17.9 Å². The molecule has 7 atom stereocenters. The van der Waals surface area contributed by atoms with E-state index in [0.717, 1.165) is 5.56 Å². The van der Waals surface area contributed by atoms with Gasteiger partial charge in [0.2, 0.25) is 0 Å². The number of furan rings is 1. The van der Waals surface area contributed by atoms with Crippen molar-refractivity contribution >= 4 is 23.7 Å². The molecule has 8 heteroatoms. The molecule has 4 rings (SSSR count). The van der Waals surface area contributed by atoms with Gasteiger partial charge in [0.05, 0.1) is 37.4 Å². The van der Waals surface area contributed by atoms with Gasteiger partial charge < -0.3 is 18.6 Å². The Labute approximate surface area is 193 Å². The van der Waals surface area contributed by atoms with Gasteiger partial charge in [0.1, 0.15) is 6.10 Å². The van der Waals surface area contributed by atoms with Gasteiger partial charge in [-0.25, -0.2) is 0 Å². The number of ketones is 1. The standard InChI is InChI=1S/C25H32O8/c1-13(2)21(27)32-17-10-16(22(28)30-5)24(3)8-6-15-23(29)33-18(14-7-9-31-12-14)11-25(15,4)20(24)19(17)26/h7,9,12-13,15-18,20H,6,8,10-11H2,1-5H3/t15?,16-,17+,18-,20?,24-,25-/m0/s1. The van der Waals surface area contributed by atoms with E-state index in [1.165, 1.54) is 19.6 Å². The van der Waals surface area contributed by atoms with E-state index in [0.29, 0.717) is 19.3 Å². The first-order valence-electron chi connectivity index (χ1n) is 11.6. The summed E-state index contributed by atoms with van der Waals surface area (Å²) in [7, 11) is 1.33. The van der Waals surface area contributed by atoms with Crippen molar-refractivity contribution < 1.29 is 37.8 Å². The fourth-order valence-electron chi connectivity index (χ4n) is 6.54. The second-order valence-electron chi connectivity index (χ2n) is 10.5. The number of Topliss-reactive ketones (excluding diaryl/α,β-unsaturated/α-hetero) is 1. The lowest BCUT2D eigenvalue weighted by molar-refractivity contribution is -0.211. The zero-order chi connectivity index (χ0) is 24.1. The molecule has 1 saturated heterocycles. The summed E-state index contributed by atoms with van der Waals surface area (Å²) in [5, 5.41) is 0. The van der Waals surface area contributed by atoms with Crippen LogP contribution in [0.5, 0.6) is 0 Å². The van der Waals surface area contributed by atoms with Crippen molar-refractivity contribution in [2.24, 2.45) is 34.5 Å². The topological polar surface area (TPSA) is 109 Å². The highest BCUT2D eigenvalue weighted by atomic mass is 16.6. The van der Waals surface area contributed by atoms with Gasteiger partial charge in [-0.1, -0.05) is 27.7 Å². The number of fused-ring (bicyclic) bond motifs is 3. The van der Waals surface area contributed by atoms with Crippen LogP contribution >= 0.6 is 0 Å². The third-order valence-electron chi connectivity index (χ3n) is 8.23. The van der Waals surface area contributed by atoms with E-state index in [9.17, 15) is 19.2 Å². The SMILES string of the molecule is COC(=O)[C@@H]1C[C@@H](OC(=O)C(C)C)C(=O)C2[C@@]3(C)C[C@@H](c4ccoc4)OC(=O)C3CC[C@]21C. The monoisotopic (exact) mass is 460 g/mol. The van der Waals surface area contributed by atoms with Crippen LogP contribution in [0, 0.1) is 34.5 Å². The molecule has 2 unspecified atom stereocenters. The minimum Gasteiger partial charge on any atom is -0.472 e. The van der Waals surface area contributed by atoms with E-state index < -0.39 is 58.6 Å². The summed E-state index contributed by atoms with van der Waals surface area (Å²) in [5.41, 5.74) is -0.781. The maximum Gasteiger partial charge on any atom is 0.310 e. The Morgan fingerprint density at radius 1 is 1.18 bits per heavy atom. The number of ether oxygens (including phenoxy) is 3. The van der Waals surface area contributed by atoms with E-state index in [2.05, 4.69) is 0 Å². The van der Waals surface area contributed by atoms with Crippen LogP contribution < -0.4 is 0 Å². The van der Waals surface area contributed by atoms with E-state index in [4.69, 9.17) is 18.6 Å². The Balaban J connectivity index is 1.78. The molecular weight excluding hydrogens is 428 g/mol. The van der Waals surface area contributed by atoms with Crippen molar-refractivity contribution in [1.82, 2.24) is 0 Å². The fourth-order valence-corrected chi connectivity index (χ4v) is 6.54. The molecule has 1 aliphatic heterocycles. The summed E-state index contributed by atoms with van der Waals surface area (Å²) in [6.45, 7) is 7.27. The van der Waals surface area contributed by atoms with Crippen molar-refractivity contribution in [3.63, 3.8) is 0 Å². The molecular formula is C25H32O8. The summed E-state index contributed by atoms with van der Waals surface area (Å²) in [5.74, 6) is -3.68. The predicted molar refractivity (Wildman–Crippen MR) is 114 cm³/mol. The van der Waals surface area contributed by atoms with Gasteiger partial charge in [-0.3, -0.25) is 19.2 Å². The second-order valence-corrected chi connectivity index (χ2v) is 10.5. The maximum atomic E-state index is 13.9. The van der Waals surface area contributed by atoms with Crippen molar-refractivity contribution in [3.05, 3.63) is 24.2 Å². The van der Waals surface area contributed by atoms with Crippen LogP contribution in [-0.4, -0.2) is 36.9 Å². The highest BCUT2D eigenvalue weighted by Crippen LogP contribution is 2.65. The molecule has 1 aromatic rings. The molecule has 8 nitrogen and oxygen atoms in total. The Bertz CT molecular complexity index is 950. The molecule has 0 radical (unpaired) electrons. The molecule has 180 valence electrons. The van der Waals surface area contributed by atoms with E-state index in [-0.39, 0.29) is 18.2 Å². The second kappa shape index (κ2) is 8.29. The summed E-state index contributed by atoms with van der Waals surface area (Å²) in [6.07, 6.45) is 2.96. The lowest BCUT2D eigenvalue weighted by Gasteiger charge is -2.61. The number of carbonyl (C=O) groups excluding carboxylic acids is 4. The Kier molecular flexibility index (Phi) is 5.91. The van der Waals surface area contributed by atoms with Crippen LogP contribution in [0.4, 0.5) is 0 Å². The molecule has 2 saturated carbocycles. The molecule has 3 fully saturated rings. The van der Waals surface area contributed by atoms with E-state index in [1.807, 2.05) is 13.8 Å². The first kappa shape index (κ1) is 23.5. The molecule has 1 aromatic heterocycles. The van der Waals surface area contributed by atoms with Gasteiger partial charge in [-0.2, -0.15) is 0 Å². The van der Waals surface area contributed by atoms with Crippen LogP contribution in [0.15, 0.2) is 23.0 Å². The van der Waals surface area contributed by atoms with E-state index in [1.54, 1.807) is 19.9 Å². The summed E-state index contributed by atoms with van der Waals surface area (Å²) < 4.78 is 21.7. The predicted octanol–water partition coefficient (Wildman–Crippen LogP) is 3.64. The lowest BCUT2D eigenvalue weighted by atomic mass is 9.43. The van der Waals surface area contributed by atoms with Crippen LogP contribution in [0.1, 0.15) is 65.0 Å². The zero-order valence-electron chi connectivity index (χ0n) is 19.8. The maximum absolute atomic E-state index is 13.9. The van der Waals surface area contributed by atoms with Crippen molar-refractivity contribution in [3.8, 4) is 0 Å². The molecule has 2 heterocycles. The number of cyclic esters (lactones) is 1. The van der Waals surface area contributed by atoms with Gasteiger partial charge in [0.25, 0.3) is 0 Å². The minimum absolute atomic E-state index is 0.0906. The normalized spacial score (nSPS) is 38.2. The smallest absolute Gasteiger partial charge is 0.310 e. The quantitative estimate of drug-likeness (QED) is 0.495. The van der Waals surface area contributed by atoms with Gasteiger partial charge in [0.15, 0.2) is 11.9 Å². The Hall–Kier alpha value is -2.64. The molecule has 2 aliphatic carbocycles. The summed E-state index contributed by atoms with van der Waals surface area (Å²) >= 11 is 0. The van der Waals surface area contributed by atoms with Gasteiger partial charge >= 0.3 is 17.9 Å². The first-order valence-corrected chi connectivity index (χ1v) is 11.6. The number of hydrogen-bond acceptors (Lipinski definition) is 8. The number of esters is 3. The lowest BCUT2D eigenvalue weighted by Crippen LogP contribution is -2.64. The van der Waals surface area contributed by atoms with E-state index >= 15 is 0 Å². The van der Waals surface area contributed by atoms with Crippen LogP contribution in [0.25, 0.3) is 0 Å². The summed E-state index contributed by atoms with van der Waals surface area (Å²) in [6, 6.07) is 1.75. The first-order chi connectivity index (χ1) is 15.5. The molecule has 0 bridgehead atoms. The largest absolute Gasteiger partial charge is 0.472 e. The molecule has 0 aromatic carbocycles. The Morgan fingerprint density at radius 3 is 2.52 bits per heavy atom. The number of hydrogen-bond donors (Lipinski definition) is 0. The van der Waals surface area contributed by atoms with Gasteiger partial charge in [-0.05, 0) is 36.2 Å². The third kappa shape index (κ3) is 3.67. The fraction of sp³-hybridized carbons (Fsp3) is 0.680. The molecule has 0 amide bonds. The number of rotatable bonds is 4. The van der Waals surface area contributed by atoms with Crippen LogP contribution in [0.3, 0.4) is 0 Å². The highest BCUT2D eigenvalue weighted by molar-refractivity contribution is 5.93. The van der Waals surface area contributed by atoms with Gasteiger partial charge in [-0.15, -0.1) is 0 Å². The third-order valence-corrected chi connectivity index (χ3v) is 8.23. The Morgan fingerprint density at radius 2 is 1.91 bits per heavy atom. The van der Waals surface area contributed by atoms with Crippen LogP contribution in [-0.2, 0) is 33.4 Å². The average Bonchev–Trinajstić information content (AvgIpc) is 3.29. The number of carbonyl (C=O) groups is 4. The highest BCUT2D eigenvalue weighted by Gasteiger charge is 2.67. The zero-order valence-corrected chi connectivity index (χ0v) is 19.8. The number of methoxy groups -OCH3 is 1.